The van der Waals surface area contributed by atoms with Crippen molar-refractivity contribution < 1.29 is 36.3 Å². The van der Waals surface area contributed by atoms with Crippen LogP contribution in [0.3, 0.4) is 0 Å². The molecule has 0 spiro atoms. The number of hydrogen-bond acceptors (Lipinski definition) is 7. The number of benzene rings is 1. The van der Waals surface area contributed by atoms with E-state index in [0.717, 1.165) is 51.0 Å². The summed E-state index contributed by atoms with van der Waals surface area (Å²) in [5.74, 6) is -2.22. The minimum atomic E-state index is -5.08. The van der Waals surface area contributed by atoms with Crippen LogP contribution in [0.4, 0.5) is 24.7 Å². The molecule has 1 amide bonds. The number of anilines is 2. The third-order valence-corrected chi connectivity index (χ3v) is 8.23. The summed E-state index contributed by atoms with van der Waals surface area (Å²) in [6.07, 6.45) is -0.509. The number of nitrogens with one attached hydrogen (secondary N) is 2. The summed E-state index contributed by atoms with van der Waals surface area (Å²) < 4.78 is 60.6. The minimum Gasteiger partial charge on any atom is -0.475 e. The number of pyridine rings is 1. The summed E-state index contributed by atoms with van der Waals surface area (Å²) in [5, 5.41) is 10.4. The molecule has 0 radical (unpaired) electrons. The molecule has 0 aliphatic carbocycles. The highest BCUT2D eigenvalue weighted by molar-refractivity contribution is 7.92. The molecular formula is C26H34F3N5O5S. The number of alkyl halides is 3. The lowest BCUT2D eigenvalue weighted by atomic mass is 10.0. The number of amides is 1. The largest absolute Gasteiger partial charge is 0.490 e. The van der Waals surface area contributed by atoms with E-state index in [4.69, 9.17) is 9.90 Å². The van der Waals surface area contributed by atoms with Crippen LogP contribution in [0.2, 0.25) is 0 Å². The number of sulfonamides is 1. The number of aryl methyl sites for hydroxylation is 2. The second-order valence-electron chi connectivity index (χ2n) is 9.85. The van der Waals surface area contributed by atoms with Gasteiger partial charge >= 0.3 is 12.1 Å². The average molecular weight is 586 g/mol. The molecule has 0 bridgehead atoms. The number of aromatic nitrogens is 1. The zero-order valence-electron chi connectivity index (χ0n) is 22.6. The number of carboxylic acids is 1. The lowest BCUT2D eigenvalue weighted by molar-refractivity contribution is -0.192. The van der Waals surface area contributed by atoms with Gasteiger partial charge in [0.1, 0.15) is 5.82 Å². The van der Waals surface area contributed by atoms with Crippen LogP contribution in [0.15, 0.2) is 35.4 Å². The minimum absolute atomic E-state index is 0.0872. The number of aliphatic carboxylic acids is 1. The van der Waals surface area contributed by atoms with E-state index >= 15 is 0 Å². The molecule has 2 saturated heterocycles. The van der Waals surface area contributed by atoms with E-state index in [1.807, 2.05) is 17.9 Å². The fraction of sp³-hybridized carbons (Fsp3) is 0.500. The normalized spacial score (nSPS) is 18.0. The highest BCUT2D eigenvalue weighted by Gasteiger charge is 2.38. The van der Waals surface area contributed by atoms with Gasteiger partial charge in [0, 0.05) is 38.8 Å². The summed E-state index contributed by atoms with van der Waals surface area (Å²) >= 11 is 0. The van der Waals surface area contributed by atoms with Gasteiger partial charge in [-0.05, 0) is 57.7 Å². The third kappa shape index (κ3) is 7.84. The Labute approximate surface area is 231 Å². The van der Waals surface area contributed by atoms with Crippen LogP contribution in [-0.2, 0) is 14.8 Å². The van der Waals surface area contributed by atoms with Gasteiger partial charge in [-0.15, -0.1) is 0 Å². The number of piperazine rings is 1. The zero-order valence-corrected chi connectivity index (χ0v) is 23.4. The monoisotopic (exact) mass is 585 g/mol. The number of likely N-dealkylation sites (tertiary alicyclic amines) is 1. The van der Waals surface area contributed by atoms with Gasteiger partial charge in [0.2, 0.25) is 0 Å². The molecule has 1 aromatic heterocycles. The number of carbonyl (C=O) groups is 2. The first-order valence-corrected chi connectivity index (χ1v) is 14.4. The van der Waals surface area contributed by atoms with E-state index in [0.29, 0.717) is 29.2 Å². The molecule has 0 saturated carbocycles. The molecule has 2 aliphatic heterocycles. The SMILES string of the molecule is Cc1ccc(S(=O)(=O)Nc2cnc(N3CCNCC3)c(C(=O)N3CCCCC3C)c2)c(C)c1.O=C(O)C(F)(F)F. The Morgan fingerprint density at radius 1 is 1.10 bits per heavy atom. The second-order valence-corrected chi connectivity index (χ2v) is 11.5. The van der Waals surface area contributed by atoms with Crippen molar-refractivity contribution in [1.82, 2.24) is 15.2 Å². The topological polar surface area (TPSA) is 132 Å². The number of carbonyl (C=O) groups excluding carboxylic acids is 1. The summed E-state index contributed by atoms with van der Waals surface area (Å²) in [7, 11) is -3.82. The Morgan fingerprint density at radius 2 is 1.75 bits per heavy atom. The molecule has 4 rings (SSSR count). The van der Waals surface area contributed by atoms with Crippen LogP contribution >= 0.6 is 0 Å². The van der Waals surface area contributed by atoms with E-state index in [1.165, 1.54) is 6.20 Å². The first kappa shape index (κ1) is 31.1. The quantitative estimate of drug-likeness (QED) is 0.486. The maximum Gasteiger partial charge on any atom is 0.490 e. The van der Waals surface area contributed by atoms with Crippen molar-refractivity contribution in [3.63, 3.8) is 0 Å². The van der Waals surface area contributed by atoms with Gasteiger partial charge in [0.05, 0.1) is 22.3 Å². The Kier molecular flexibility index (Phi) is 10.0. The van der Waals surface area contributed by atoms with Crippen LogP contribution < -0.4 is 14.9 Å². The fourth-order valence-electron chi connectivity index (χ4n) is 4.66. The Balaban J connectivity index is 0.000000559. The Hall–Kier alpha value is -3.39. The van der Waals surface area contributed by atoms with Crippen LogP contribution in [0.5, 0.6) is 0 Å². The molecule has 1 atom stereocenters. The lowest BCUT2D eigenvalue weighted by Gasteiger charge is -2.35. The maximum atomic E-state index is 13.6. The van der Waals surface area contributed by atoms with Crippen LogP contribution in [0.1, 0.15) is 47.7 Å². The van der Waals surface area contributed by atoms with Crippen LogP contribution in [0.25, 0.3) is 0 Å². The van der Waals surface area contributed by atoms with E-state index in [-0.39, 0.29) is 16.8 Å². The van der Waals surface area contributed by atoms with Crippen molar-refractivity contribution in [3.8, 4) is 0 Å². The van der Waals surface area contributed by atoms with E-state index in [9.17, 15) is 26.4 Å². The second kappa shape index (κ2) is 12.9. The van der Waals surface area contributed by atoms with Gasteiger partial charge in [0.25, 0.3) is 15.9 Å². The molecule has 14 heteroatoms. The molecule has 220 valence electrons. The van der Waals surface area contributed by atoms with E-state index < -0.39 is 22.2 Å². The van der Waals surface area contributed by atoms with Crippen molar-refractivity contribution in [2.24, 2.45) is 0 Å². The van der Waals surface area contributed by atoms with Crippen LogP contribution in [-0.4, -0.2) is 80.2 Å². The number of hydrogen-bond donors (Lipinski definition) is 3. The van der Waals surface area contributed by atoms with Gasteiger partial charge < -0.3 is 20.2 Å². The van der Waals surface area contributed by atoms with Crippen molar-refractivity contribution >= 4 is 33.4 Å². The van der Waals surface area contributed by atoms with Crippen molar-refractivity contribution in [1.29, 1.82) is 0 Å². The molecule has 1 unspecified atom stereocenters. The predicted molar refractivity (Wildman–Crippen MR) is 144 cm³/mol. The molecule has 2 aliphatic rings. The first-order chi connectivity index (χ1) is 18.7. The van der Waals surface area contributed by atoms with Crippen molar-refractivity contribution in [2.45, 2.75) is 57.1 Å². The summed E-state index contributed by atoms with van der Waals surface area (Å²) in [6, 6.07) is 7.02. The van der Waals surface area contributed by atoms with Gasteiger partial charge in [-0.3, -0.25) is 9.52 Å². The molecule has 2 aromatic rings. The Bertz CT molecular complexity index is 1330. The molecule has 2 fully saturated rings. The van der Waals surface area contributed by atoms with E-state index in [1.54, 1.807) is 25.1 Å². The smallest absolute Gasteiger partial charge is 0.475 e. The van der Waals surface area contributed by atoms with Gasteiger partial charge in [0.15, 0.2) is 0 Å². The molecule has 40 heavy (non-hydrogen) atoms. The molecule has 10 nitrogen and oxygen atoms in total. The zero-order chi connectivity index (χ0) is 29.7. The number of rotatable bonds is 5. The standard InChI is InChI=1S/C24H33N5O3S.C2HF3O2/c1-17-7-8-22(18(2)14-17)33(31,32)27-20-15-21(24(30)29-11-5-4-6-19(29)3)23(26-16-20)28-12-9-25-10-13-28;3-2(4,5)1(6)7/h7-8,14-16,19,25,27H,4-6,9-13H2,1-3H3;(H,6,7). The highest BCUT2D eigenvalue weighted by atomic mass is 32.2. The van der Waals surface area contributed by atoms with Gasteiger partial charge in [-0.1, -0.05) is 17.7 Å². The highest BCUT2D eigenvalue weighted by Crippen LogP contribution is 2.28. The first-order valence-electron chi connectivity index (χ1n) is 12.9. The van der Waals surface area contributed by atoms with Crippen molar-refractivity contribution in [2.75, 3.05) is 42.3 Å². The van der Waals surface area contributed by atoms with Gasteiger partial charge in [-0.2, -0.15) is 13.2 Å². The summed E-state index contributed by atoms with van der Waals surface area (Å²) in [4.78, 5) is 31.3. The molecule has 1 aromatic carbocycles. The molecule has 3 N–H and O–H groups in total. The van der Waals surface area contributed by atoms with Crippen molar-refractivity contribution in [3.05, 3.63) is 47.2 Å². The number of halogens is 3. The molecular weight excluding hydrogens is 551 g/mol. The third-order valence-electron chi connectivity index (χ3n) is 6.69. The number of piperidine rings is 1. The fourth-order valence-corrected chi connectivity index (χ4v) is 5.93. The van der Waals surface area contributed by atoms with Crippen LogP contribution in [0, 0.1) is 13.8 Å². The maximum absolute atomic E-state index is 13.6. The summed E-state index contributed by atoms with van der Waals surface area (Å²) in [5.41, 5.74) is 2.41. The summed E-state index contributed by atoms with van der Waals surface area (Å²) in [6.45, 7) is 9.61. The number of nitrogens with zero attached hydrogens (tertiary/aromatic N) is 3. The Morgan fingerprint density at radius 3 is 2.33 bits per heavy atom. The van der Waals surface area contributed by atoms with Gasteiger partial charge in [-0.25, -0.2) is 18.2 Å². The predicted octanol–water partition coefficient (Wildman–Crippen LogP) is 3.56. The molecule has 3 heterocycles. The number of carboxylic acid groups (broad SMARTS) is 1. The lowest BCUT2D eigenvalue weighted by Crippen LogP contribution is -2.46. The average Bonchev–Trinajstić information content (AvgIpc) is 2.88. The van der Waals surface area contributed by atoms with E-state index in [2.05, 4.69) is 26.8 Å².